The van der Waals surface area contributed by atoms with E-state index in [1.54, 1.807) is 0 Å². The molecule has 0 saturated heterocycles. The first-order chi connectivity index (χ1) is 8.06. The number of hydrogen-bond acceptors (Lipinski definition) is 2. The van der Waals surface area contributed by atoms with Crippen LogP contribution in [0.3, 0.4) is 0 Å². The van der Waals surface area contributed by atoms with E-state index in [1.807, 2.05) is 0 Å². The second-order valence-electron chi connectivity index (χ2n) is 5.18. The van der Waals surface area contributed by atoms with Crippen LogP contribution in [0.5, 0.6) is 0 Å². The summed E-state index contributed by atoms with van der Waals surface area (Å²) in [5, 5.41) is 8.07. The van der Waals surface area contributed by atoms with Crippen molar-refractivity contribution in [2.24, 2.45) is 5.92 Å². The van der Waals surface area contributed by atoms with E-state index in [-0.39, 0.29) is 0 Å². The van der Waals surface area contributed by atoms with Crippen LogP contribution < -0.4 is 5.32 Å². The van der Waals surface area contributed by atoms with Crippen LogP contribution in [-0.2, 0) is 13.0 Å². The predicted molar refractivity (Wildman–Crippen MR) is 73.4 cm³/mol. The van der Waals surface area contributed by atoms with Crippen LogP contribution in [0.4, 0.5) is 0 Å². The predicted octanol–water partition coefficient (Wildman–Crippen LogP) is 2.70. The van der Waals surface area contributed by atoms with Crippen molar-refractivity contribution in [2.75, 3.05) is 13.1 Å². The maximum atomic E-state index is 4.60. The van der Waals surface area contributed by atoms with Gasteiger partial charge in [0.25, 0.3) is 0 Å². The summed E-state index contributed by atoms with van der Waals surface area (Å²) in [4.78, 5) is 0. The molecule has 0 amide bonds. The minimum Gasteiger partial charge on any atom is -0.316 e. The Morgan fingerprint density at radius 3 is 2.53 bits per heavy atom. The Morgan fingerprint density at radius 2 is 2.00 bits per heavy atom. The topological polar surface area (TPSA) is 29.9 Å². The first-order valence-corrected chi connectivity index (χ1v) is 6.79. The first-order valence-electron chi connectivity index (χ1n) is 6.79. The van der Waals surface area contributed by atoms with Crippen molar-refractivity contribution in [2.45, 2.75) is 54.0 Å². The fourth-order valence-corrected chi connectivity index (χ4v) is 2.21. The lowest BCUT2D eigenvalue weighted by Crippen LogP contribution is -2.22. The molecule has 1 rings (SSSR count). The third-order valence-corrected chi connectivity index (χ3v) is 3.16. The molecule has 0 radical (unpaired) electrons. The maximum absolute atomic E-state index is 4.60. The molecule has 98 valence electrons. The monoisotopic (exact) mass is 237 g/mol. The number of hydrogen-bond donors (Lipinski definition) is 1. The molecule has 3 heteroatoms. The molecule has 1 aromatic rings. The van der Waals surface area contributed by atoms with Crippen LogP contribution in [0.2, 0.25) is 0 Å². The summed E-state index contributed by atoms with van der Waals surface area (Å²) < 4.78 is 2.16. The van der Waals surface area contributed by atoms with Gasteiger partial charge in [-0.25, -0.2) is 0 Å². The van der Waals surface area contributed by atoms with Crippen LogP contribution in [0.15, 0.2) is 0 Å². The molecule has 0 bridgehead atoms. The van der Waals surface area contributed by atoms with Crippen LogP contribution in [0.1, 0.15) is 44.1 Å². The molecule has 0 aliphatic heterocycles. The van der Waals surface area contributed by atoms with Crippen LogP contribution >= 0.6 is 0 Å². The third kappa shape index (κ3) is 4.15. The van der Waals surface area contributed by atoms with E-state index in [0.717, 1.165) is 38.4 Å². The highest BCUT2D eigenvalue weighted by molar-refractivity contribution is 5.24. The van der Waals surface area contributed by atoms with Gasteiger partial charge in [0, 0.05) is 12.2 Å². The van der Waals surface area contributed by atoms with Crippen molar-refractivity contribution in [3.8, 4) is 0 Å². The standard InChI is InChI=1S/C14H27N3/c1-6-14-12(4)16-17(13(14)5)9-7-8-15-10-11(2)3/h11,15H,6-10H2,1-5H3. The second kappa shape index (κ2) is 6.80. The van der Waals surface area contributed by atoms with Crippen molar-refractivity contribution in [1.29, 1.82) is 0 Å². The van der Waals surface area contributed by atoms with Crippen molar-refractivity contribution in [3.05, 3.63) is 17.0 Å². The molecule has 0 spiro atoms. The summed E-state index contributed by atoms with van der Waals surface area (Å²) in [5.74, 6) is 0.732. The minimum atomic E-state index is 0.732. The van der Waals surface area contributed by atoms with Crippen molar-refractivity contribution in [3.63, 3.8) is 0 Å². The minimum absolute atomic E-state index is 0.732. The lowest BCUT2D eigenvalue weighted by Gasteiger charge is -2.08. The summed E-state index contributed by atoms with van der Waals surface area (Å²) in [7, 11) is 0. The van der Waals surface area contributed by atoms with Gasteiger partial charge >= 0.3 is 0 Å². The SMILES string of the molecule is CCc1c(C)nn(CCCNCC(C)C)c1C. The molecule has 0 atom stereocenters. The lowest BCUT2D eigenvalue weighted by molar-refractivity contribution is 0.500. The van der Waals surface area contributed by atoms with Gasteiger partial charge in [-0.2, -0.15) is 5.10 Å². The normalized spacial score (nSPS) is 11.4. The molecule has 0 aliphatic rings. The Labute approximate surface area is 106 Å². The van der Waals surface area contributed by atoms with E-state index in [1.165, 1.54) is 17.0 Å². The summed E-state index contributed by atoms with van der Waals surface area (Å²) in [6.07, 6.45) is 2.24. The van der Waals surface area contributed by atoms with Crippen LogP contribution in [-0.4, -0.2) is 22.9 Å². The van der Waals surface area contributed by atoms with E-state index in [2.05, 4.69) is 49.7 Å². The highest BCUT2D eigenvalue weighted by Crippen LogP contribution is 2.13. The highest BCUT2D eigenvalue weighted by Gasteiger charge is 2.08. The molecule has 1 heterocycles. The number of aryl methyl sites for hydroxylation is 2. The van der Waals surface area contributed by atoms with E-state index < -0.39 is 0 Å². The van der Waals surface area contributed by atoms with Gasteiger partial charge in [0.05, 0.1) is 5.69 Å². The zero-order valence-corrected chi connectivity index (χ0v) is 12.0. The molecule has 0 unspecified atom stereocenters. The smallest absolute Gasteiger partial charge is 0.0628 e. The largest absolute Gasteiger partial charge is 0.316 e. The highest BCUT2D eigenvalue weighted by atomic mass is 15.3. The molecular weight excluding hydrogens is 210 g/mol. The Balaban J connectivity index is 2.37. The number of nitrogens with one attached hydrogen (secondary N) is 1. The van der Waals surface area contributed by atoms with Crippen LogP contribution in [0.25, 0.3) is 0 Å². The number of rotatable bonds is 7. The second-order valence-corrected chi connectivity index (χ2v) is 5.18. The van der Waals surface area contributed by atoms with Crippen molar-refractivity contribution in [1.82, 2.24) is 15.1 Å². The van der Waals surface area contributed by atoms with Crippen molar-refractivity contribution >= 4 is 0 Å². The molecular formula is C14H27N3. The van der Waals surface area contributed by atoms with Gasteiger partial charge in [0.2, 0.25) is 0 Å². The third-order valence-electron chi connectivity index (χ3n) is 3.16. The molecule has 0 saturated carbocycles. The molecule has 1 aromatic heterocycles. The van der Waals surface area contributed by atoms with Gasteiger partial charge in [-0.15, -0.1) is 0 Å². The number of aromatic nitrogens is 2. The van der Waals surface area contributed by atoms with Gasteiger partial charge in [0.1, 0.15) is 0 Å². The molecule has 0 aliphatic carbocycles. The fraction of sp³-hybridized carbons (Fsp3) is 0.786. The van der Waals surface area contributed by atoms with E-state index in [4.69, 9.17) is 0 Å². The Bertz CT molecular complexity index is 339. The fourth-order valence-electron chi connectivity index (χ4n) is 2.21. The molecule has 17 heavy (non-hydrogen) atoms. The van der Waals surface area contributed by atoms with Gasteiger partial charge in [-0.1, -0.05) is 20.8 Å². The Kier molecular flexibility index (Phi) is 5.69. The van der Waals surface area contributed by atoms with Gasteiger partial charge in [0.15, 0.2) is 0 Å². The molecule has 3 nitrogen and oxygen atoms in total. The van der Waals surface area contributed by atoms with Crippen LogP contribution in [0, 0.1) is 19.8 Å². The lowest BCUT2D eigenvalue weighted by atomic mass is 10.1. The number of nitrogens with zero attached hydrogens (tertiary/aromatic N) is 2. The summed E-state index contributed by atoms with van der Waals surface area (Å²) in [6.45, 7) is 14.2. The average Bonchev–Trinajstić information content (AvgIpc) is 2.53. The summed E-state index contributed by atoms with van der Waals surface area (Å²) in [6, 6.07) is 0. The van der Waals surface area contributed by atoms with Gasteiger partial charge < -0.3 is 5.32 Å². The van der Waals surface area contributed by atoms with Gasteiger partial charge in [-0.05, 0) is 51.3 Å². The van der Waals surface area contributed by atoms with Crippen molar-refractivity contribution < 1.29 is 0 Å². The van der Waals surface area contributed by atoms with E-state index >= 15 is 0 Å². The Hall–Kier alpha value is -0.830. The maximum Gasteiger partial charge on any atom is 0.0628 e. The zero-order chi connectivity index (χ0) is 12.8. The average molecular weight is 237 g/mol. The van der Waals surface area contributed by atoms with E-state index in [0.29, 0.717) is 0 Å². The Morgan fingerprint density at radius 1 is 1.29 bits per heavy atom. The molecule has 0 fully saturated rings. The first kappa shape index (κ1) is 14.2. The summed E-state index contributed by atoms with van der Waals surface area (Å²) >= 11 is 0. The molecule has 1 N–H and O–H groups in total. The quantitative estimate of drug-likeness (QED) is 0.739. The summed E-state index contributed by atoms with van der Waals surface area (Å²) in [5.41, 5.74) is 3.95. The zero-order valence-electron chi connectivity index (χ0n) is 12.0. The van der Waals surface area contributed by atoms with E-state index in [9.17, 15) is 0 Å². The molecule has 0 aromatic carbocycles. The van der Waals surface area contributed by atoms with Gasteiger partial charge in [-0.3, -0.25) is 4.68 Å².